The zero-order valence-corrected chi connectivity index (χ0v) is 19.4. The number of nitrogens with zero attached hydrogens (tertiary/aromatic N) is 1. The van der Waals surface area contributed by atoms with E-state index < -0.39 is 15.9 Å². The van der Waals surface area contributed by atoms with Crippen molar-refractivity contribution >= 4 is 39.0 Å². The van der Waals surface area contributed by atoms with Gasteiger partial charge in [-0.2, -0.15) is 11.8 Å². The van der Waals surface area contributed by atoms with Crippen LogP contribution in [-0.4, -0.2) is 37.9 Å². The molecule has 0 fully saturated rings. The van der Waals surface area contributed by atoms with Gasteiger partial charge in [-0.05, 0) is 18.6 Å². The Kier molecular flexibility index (Phi) is 6.62. The van der Waals surface area contributed by atoms with Gasteiger partial charge < -0.3 is 5.32 Å². The summed E-state index contributed by atoms with van der Waals surface area (Å²) in [7, 11) is -4.00. The second-order valence-corrected chi connectivity index (χ2v) is 11.7. The van der Waals surface area contributed by atoms with Gasteiger partial charge in [0, 0.05) is 34.7 Å². The summed E-state index contributed by atoms with van der Waals surface area (Å²) in [6, 6.07) is 16.6. The topological polar surface area (TPSA) is 66.5 Å². The third-order valence-electron chi connectivity index (χ3n) is 4.70. The second-order valence-electron chi connectivity index (χ2n) is 7.97. The first-order valence-electron chi connectivity index (χ1n) is 10.0. The number of sulfonamides is 1. The lowest BCUT2D eigenvalue weighted by Gasteiger charge is -2.32. The molecule has 1 aliphatic rings. The van der Waals surface area contributed by atoms with E-state index in [1.807, 2.05) is 48.5 Å². The van der Waals surface area contributed by atoms with Crippen molar-refractivity contribution in [2.45, 2.75) is 32.4 Å². The minimum Gasteiger partial charge on any atom is -0.351 e. The lowest BCUT2D eigenvalue weighted by atomic mass is 9.95. The summed E-state index contributed by atoms with van der Waals surface area (Å²) in [5.41, 5.74) is 2.50. The Balaban J connectivity index is 2.11. The van der Waals surface area contributed by atoms with E-state index in [0.29, 0.717) is 29.1 Å². The van der Waals surface area contributed by atoms with Gasteiger partial charge in [0.15, 0.2) is 4.91 Å². The van der Waals surface area contributed by atoms with Crippen LogP contribution in [0.25, 0.3) is 5.57 Å². The molecule has 2 aromatic carbocycles. The Morgan fingerprint density at radius 1 is 1.03 bits per heavy atom. The maximum absolute atomic E-state index is 13.5. The summed E-state index contributed by atoms with van der Waals surface area (Å²) < 4.78 is 28.4. The van der Waals surface area contributed by atoms with Crippen molar-refractivity contribution in [3.63, 3.8) is 0 Å². The average molecular weight is 445 g/mol. The standard InChI is InChI=1S/C23H28N2O3S2/c1-5-25-19-14-10-9-13-18(19)20(17-11-7-6-8-12-17)21(30(25,27)28)22(26)24-15-16-29-23(2,3)4/h6-14H,5,15-16H2,1-4H3,(H,24,26). The normalized spacial score (nSPS) is 15.7. The van der Waals surface area contributed by atoms with Crippen LogP contribution in [0.4, 0.5) is 5.69 Å². The molecule has 0 saturated carbocycles. The molecule has 0 unspecified atom stereocenters. The van der Waals surface area contributed by atoms with Crippen LogP contribution in [-0.2, 0) is 14.8 Å². The lowest BCUT2D eigenvalue weighted by Crippen LogP contribution is -2.41. The molecule has 7 heteroatoms. The van der Waals surface area contributed by atoms with Crippen molar-refractivity contribution in [2.24, 2.45) is 0 Å². The number of fused-ring (bicyclic) bond motifs is 1. The van der Waals surface area contributed by atoms with Gasteiger partial charge in [0.25, 0.3) is 15.9 Å². The van der Waals surface area contributed by atoms with Crippen LogP contribution < -0.4 is 9.62 Å². The van der Waals surface area contributed by atoms with Crippen molar-refractivity contribution in [3.05, 3.63) is 70.6 Å². The highest BCUT2D eigenvalue weighted by atomic mass is 32.2. The molecule has 1 heterocycles. The molecule has 5 nitrogen and oxygen atoms in total. The number of para-hydroxylation sites is 1. The van der Waals surface area contributed by atoms with E-state index in [9.17, 15) is 13.2 Å². The number of amides is 1. The lowest BCUT2D eigenvalue weighted by molar-refractivity contribution is -0.116. The molecule has 0 radical (unpaired) electrons. The van der Waals surface area contributed by atoms with E-state index in [-0.39, 0.29) is 16.2 Å². The Bertz CT molecular complexity index is 1060. The largest absolute Gasteiger partial charge is 0.351 e. The average Bonchev–Trinajstić information content (AvgIpc) is 2.69. The molecule has 0 bridgehead atoms. The number of thioether (sulfide) groups is 1. The fraction of sp³-hybridized carbons (Fsp3) is 0.348. The molecule has 30 heavy (non-hydrogen) atoms. The monoisotopic (exact) mass is 444 g/mol. The van der Waals surface area contributed by atoms with Crippen LogP contribution in [0, 0.1) is 0 Å². The summed E-state index contributed by atoms with van der Waals surface area (Å²) in [6.45, 7) is 8.75. The predicted molar refractivity (Wildman–Crippen MR) is 126 cm³/mol. The van der Waals surface area contributed by atoms with Gasteiger partial charge >= 0.3 is 0 Å². The summed E-state index contributed by atoms with van der Waals surface area (Å²) >= 11 is 1.72. The van der Waals surface area contributed by atoms with Crippen LogP contribution in [0.2, 0.25) is 0 Å². The van der Waals surface area contributed by atoms with Gasteiger partial charge in [-0.1, -0.05) is 69.3 Å². The van der Waals surface area contributed by atoms with Gasteiger partial charge in [-0.25, -0.2) is 8.42 Å². The molecule has 3 rings (SSSR count). The Labute approximate surface area is 183 Å². The molecule has 0 aromatic heterocycles. The number of nitrogens with one attached hydrogen (secondary N) is 1. The van der Waals surface area contributed by atoms with E-state index in [2.05, 4.69) is 26.1 Å². The first-order chi connectivity index (χ1) is 14.2. The molecule has 1 N–H and O–H groups in total. The molecule has 2 aromatic rings. The van der Waals surface area contributed by atoms with Crippen molar-refractivity contribution in [3.8, 4) is 0 Å². The number of carbonyl (C=O) groups excluding carboxylic acids is 1. The van der Waals surface area contributed by atoms with Crippen LogP contribution >= 0.6 is 11.8 Å². The first-order valence-corrected chi connectivity index (χ1v) is 12.4. The zero-order chi connectivity index (χ0) is 21.9. The number of hydrogen-bond donors (Lipinski definition) is 1. The highest BCUT2D eigenvalue weighted by Gasteiger charge is 2.40. The Morgan fingerprint density at radius 3 is 2.30 bits per heavy atom. The van der Waals surface area contributed by atoms with Gasteiger partial charge in [-0.3, -0.25) is 9.10 Å². The number of benzene rings is 2. The first kappa shape index (κ1) is 22.4. The zero-order valence-electron chi connectivity index (χ0n) is 17.8. The van der Waals surface area contributed by atoms with E-state index in [0.717, 1.165) is 5.56 Å². The molecule has 0 atom stereocenters. The number of rotatable bonds is 6. The van der Waals surface area contributed by atoms with E-state index in [1.165, 1.54) is 4.31 Å². The van der Waals surface area contributed by atoms with Gasteiger partial charge in [-0.15, -0.1) is 0 Å². The summed E-state index contributed by atoms with van der Waals surface area (Å²) in [4.78, 5) is 13.0. The second kappa shape index (κ2) is 8.86. The quantitative estimate of drug-likeness (QED) is 0.676. The number of hydrogen-bond acceptors (Lipinski definition) is 4. The maximum Gasteiger partial charge on any atom is 0.270 e. The highest BCUT2D eigenvalue weighted by Crippen LogP contribution is 2.42. The van der Waals surface area contributed by atoms with Gasteiger partial charge in [0.1, 0.15) is 0 Å². The van der Waals surface area contributed by atoms with Crippen molar-refractivity contribution in [2.75, 3.05) is 23.1 Å². The Morgan fingerprint density at radius 2 is 1.67 bits per heavy atom. The van der Waals surface area contributed by atoms with Gasteiger partial charge in [0.05, 0.1) is 5.69 Å². The van der Waals surface area contributed by atoms with Crippen molar-refractivity contribution in [1.82, 2.24) is 5.32 Å². The van der Waals surface area contributed by atoms with Crippen LogP contribution in [0.3, 0.4) is 0 Å². The molecule has 0 aliphatic carbocycles. The summed E-state index contributed by atoms with van der Waals surface area (Å²) in [5.74, 6) is 0.147. The molecule has 160 valence electrons. The van der Waals surface area contributed by atoms with Crippen LogP contribution in [0.5, 0.6) is 0 Å². The smallest absolute Gasteiger partial charge is 0.270 e. The van der Waals surface area contributed by atoms with Gasteiger partial charge in [0.2, 0.25) is 0 Å². The van der Waals surface area contributed by atoms with E-state index in [1.54, 1.807) is 24.8 Å². The fourth-order valence-corrected chi connectivity index (χ4v) is 6.05. The summed E-state index contributed by atoms with van der Waals surface area (Å²) in [6.07, 6.45) is 0. The number of carbonyl (C=O) groups is 1. The van der Waals surface area contributed by atoms with Crippen molar-refractivity contribution in [1.29, 1.82) is 0 Å². The minimum absolute atomic E-state index is 0.0774. The summed E-state index contributed by atoms with van der Waals surface area (Å²) in [5, 5.41) is 2.83. The SMILES string of the molecule is CCN1c2ccccc2C(c2ccccc2)=C(C(=O)NCCSC(C)(C)C)S1(=O)=O. The Hall–Kier alpha value is -2.25. The molecule has 1 amide bonds. The molecular weight excluding hydrogens is 416 g/mol. The molecule has 1 aliphatic heterocycles. The third-order valence-corrected chi connectivity index (χ3v) is 7.91. The highest BCUT2D eigenvalue weighted by molar-refractivity contribution is 8.00. The number of anilines is 1. The fourth-order valence-electron chi connectivity index (χ4n) is 3.46. The molecular formula is C23H28N2O3S2. The van der Waals surface area contributed by atoms with E-state index in [4.69, 9.17) is 0 Å². The third kappa shape index (κ3) is 4.57. The predicted octanol–water partition coefficient (Wildman–Crippen LogP) is 4.26. The van der Waals surface area contributed by atoms with E-state index >= 15 is 0 Å². The maximum atomic E-state index is 13.5. The van der Waals surface area contributed by atoms with Crippen LogP contribution in [0.1, 0.15) is 38.8 Å². The minimum atomic E-state index is -4.00. The molecule has 0 spiro atoms. The van der Waals surface area contributed by atoms with Crippen LogP contribution in [0.15, 0.2) is 59.5 Å². The van der Waals surface area contributed by atoms with Crippen molar-refractivity contribution < 1.29 is 13.2 Å². The molecule has 0 saturated heterocycles.